The topological polar surface area (TPSA) is 79.2 Å². The van der Waals surface area contributed by atoms with Crippen LogP contribution in [-0.4, -0.2) is 29.2 Å². The second kappa shape index (κ2) is 10.5. The number of Topliss-reactive ketones (excluding diaryl/α,β-unsaturated/α-hetero) is 2. The molecule has 0 aromatic carbocycles. The van der Waals surface area contributed by atoms with Crippen LogP contribution in [0.25, 0.3) is 0 Å². The molecule has 0 aromatic rings. The average Bonchev–Trinajstić information content (AvgIpc) is 2.52. The van der Waals surface area contributed by atoms with E-state index in [-0.39, 0.29) is 29.5 Å². The lowest BCUT2D eigenvalue weighted by molar-refractivity contribution is -0.128. The van der Waals surface area contributed by atoms with Crippen molar-refractivity contribution >= 4 is 23.3 Å². The van der Waals surface area contributed by atoms with E-state index in [0.717, 1.165) is 12.2 Å². The zero-order valence-electron chi connectivity index (χ0n) is 15.1. The fourth-order valence-electron chi connectivity index (χ4n) is 3.08. The van der Waals surface area contributed by atoms with Crippen molar-refractivity contribution in [3.63, 3.8) is 0 Å². The molecule has 0 spiro atoms. The molecule has 1 aliphatic carbocycles. The Hall–Kier alpha value is -1.32. The maximum atomic E-state index is 12.8. The first-order chi connectivity index (χ1) is 11.5. The Kier molecular flexibility index (Phi) is 9.09. The summed E-state index contributed by atoms with van der Waals surface area (Å²) in [5, 5.41) is 9.84. The molecule has 0 aromatic heterocycles. The van der Waals surface area contributed by atoms with E-state index in [1.54, 1.807) is 11.8 Å². The summed E-state index contributed by atoms with van der Waals surface area (Å²) in [4.78, 5) is 30.6. The molecule has 0 saturated heterocycles. The van der Waals surface area contributed by atoms with Crippen molar-refractivity contribution in [3.8, 4) is 6.07 Å². The van der Waals surface area contributed by atoms with Gasteiger partial charge >= 0.3 is 0 Å². The predicted molar refractivity (Wildman–Crippen MR) is 96.1 cm³/mol. The molecule has 0 heterocycles. The van der Waals surface area contributed by atoms with Gasteiger partial charge in [-0.1, -0.05) is 27.2 Å². The standard InChI is InChI=1S/C18H28N2O3S/c1-5-8-15(20-23-6-2)17-16(21)10-13(9-12(4)24-7-3)14(11-19)18(17)22/h12-14,20H,5-10H2,1-4H3. The second-order valence-corrected chi connectivity index (χ2v) is 7.71. The number of hydroxylamine groups is 1. The van der Waals surface area contributed by atoms with Crippen LogP contribution in [0.3, 0.4) is 0 Å². The van der Waals surface area contributed by atoms with Gasteiger partial charge in [-0.25, -0.2) is 0 Å². The van der Waals surface area contributed by atoms with E-state index in [1.165, 1.54) is 0 Å². The Morgan fingerprint density at radius 2 is 2.12 bits per heavy atom. The molecule has 3 atom stereocenters. The first-order valence-electron chi connectivity index (χ1n) is 8.69. The summed E-state index contributed by atoms with van der Waals surface area (Å²) in [6, 6.07) is 2.14. The Morgan fingerprint density at radius 1 is 1.42 bits per heavy atom. The summed E-state index contributed by atoms with van der Waals surface area (Å²) < 4.78 is 0. The zero-order valence-corrected chi connectivity index (χ0v) is 15.9. The SMILES string of the molecule is CCCC(NOCC)=C1C(=O)CC(CC(C)SCC)C(C#N)C1=O. The molecule has 134 valence electrons. The Morgan fingerprint density at radius 3 is 2.67 bits per heavy atom. The smallest absolute Gasteiger partial charge is 0.185 e. The van der Waals surface area contributed by atoms with Gasteiger partial charge in [0.25, 0.3) is 0 Å². The minimum Gasteiger partial charge on any atom is -0.294 e. The zero-order chi connectivity index (χ0) is 18.1. The van der Waals surface area contributed by atoms with Gasteiger partial charge in [0.1, 0.15) is 5.92 Å². The number of nitriles is 1. The van der Waals surface area contributed by atoms with Crippen molar-refractivity contribution in [1.29, 1.82) is 5.26 Å². The van der Waals surface area contributed by atoms with Crippen LogP contribution >= 0.6 is 11.8 Å². The highest BCUT2D eigenvalue weighted by atomic mass is 32.2. The lowest BCUT2D eigenvalue weighted by atomic mass is 9.73. The third-order valence-corrected chi connectivity index (χ3v) is 5.19. The van der Waals surface area contributed by atoms with E-state index >= 15 is 0 Å². The highest BCUT2D eigenvalue weighted by Crippen LogP contribution is 2.35. The fraction of sp³-hybridized carbons (Fsp3) is 0.722. The number of nitrogens with zero attached hydrogens (tertiary/aromatic N) is 1. The highest BCUT2D eigenvalue weighted by Gasteiger charge is 2.41. The number of allylic oxidation sites excluding steroid dienone is 2. The molecule has 1 saturated carbocycles. The van der Waals surface area contributed by atoms with Crippen LogP contribution in [-0.2, 0) is 14.4 Å². The molecule has 24 heavy (non-hydrogen) atoms. The predicted octanol–water partition coefficient (Wildman–Crippen LogP) is 3.41. The Balaban J connectivity index is 3.06. The number of ketones is 2. The van der Waals surface area contributed by atoms with E-state index in [1.807, 2.05) is 13.8 Å². The largest absolute Gasteiger partial charge is 0.294 e. The average molecular weight is 353 g/mol. The molecule has 0 radical (unpaired) electrons. The number of thioether (sulfide) groups is 1. The molecule has 1 fully saturated rings. The molecular weight excluding hydrogens is 324 g/mol. The maximum Gasteiger partial charge on any atom is 0.185 e. The van der Waals surface area contributed by atoms with Gasteiger partial charge in [0.05, 0.1) is 23.9 Å². The Bertz CT molecular complexity index is 525. The Labute approximate surface area is 149 Å². The maximum absolute atomic E-state index is 12.8. The van der Waals surface area contributed by atoms with Crippen LogP contribution in [0, 0.1) is 23.2 Å². The fourth-order valence-corrected chi connectivity index (χ4v) is 4.03. The molecule has 0 bridgehead atoms. The summed E-state index contributed by atoms with van der Waals surface area (Å²) in [7, 11) is 0. The van der Waals surface area contributed by atoms with Gasteiger partial charge in [0, 0.05) is 11.7 Å². The summed E-state index contributed by atoms with van der Waals surface area (Å²) >= 11 is 1.79. The lowest BCUT2D eigenvalue weighted by Crippen LogP contribution is -2.38. The highest BCUT2D eigenvalue weighted by molar-refractivity contribution is 7.99. The number of hydrogen-bond acceptors (Lipinski definition) is 6. The van der Waals surface area contributed by atoms with Crippen LogP contribution in [0.2, 0.25) is 0 Å². The van der Waals surface area contributed by atoms with Gasteiger partial charge < -0.3 is 0 Å². The molecule has 1 N–H and O–H groups in total. The van der Waals surface area contributed by atoms with E-state index in [4.69, 9.17) is 4.84 Å². The molecule has 1 rings (SSSR count). The number of hydrogen-bond donors (Lipinski definition) is 1. The summed E-state index contributed by atoms with van der Waals surface area (Å²) in [5.41, 5.74) is 3.41. The third-order valence-electron chi connectivity index (χ3n) is 4.09. The second-order valence-electron chi connectivity index (χ2n) is 6.00. The van der Waals surface area contributed by atoms with E-state index in [0.29, 0.717) is 30.4 Å². The van der Waals surface area contributed by atoms with Gasteiger partial charge in [-0.2, -0.15) is 17.0 Å². The van der Waals surface area contributed by atoms with Gasteiger partial charge in [-0.15, -0.1) is 0 Å². The van der Waals surface area contributed by atoms with Crippen LogP contribution in [0.15, 0.2) is 11.3 Å². The first-order valence-corrected chi connectivity index (χ1v) is 9.74. The first kappa shape index (κ1) is 20.7. The van der Waals surface area contributed by atoms with Crippen LogP contribution in [0.1, 0.15) is 53.4 Å². The quantitative estimate of drug-likeness (QED) is 0.389. The molecule has 3 unspecified atom stereocenters. The van der Waals surface area contributed by atoms with Crippen molar-refractivity contribution in [1.82, 2.24) is 5.48 Å². The molecular formula is C18H28N2O3S. The van der Waals surface area contributed by atoms with Crippen molar-refractivity contribution in [2.75, 3.05) is 12.4 Å². The van der Waals surface area contributed by atoms with Gasteiger partial charge in [0.2, 0.25) is 0 Å². The minimum absolute atomic E-state index is 0.142. The van der Waals surface area contributed by atoms with E-state index < -0.39 is 5.92 Å². The van der Waals surface area contributed by atoms with Crippen molar-refractivity contribution < 1.29 is 14.4 Å². The van der Waals surface area contributed by atoms with Gasteiger partial charge in [-0.05, 0) is 31.4 Å². The van der Waals surface area contributed by atoms with Crippen LogP contribution in [0.5, 0.6) is 0 Å². The monoisotopic (exact) mass is 352 g/mol. The molecule has 6 heteroatoms. The number of nitrogens with one attached hydrogen (secondary N) is 1. The summed E-state index contributed by atoms with van der Waals surface area (Å²) in [5.74, 6) is -0.462. The van der Waals surface area contributed by atoms with Crippen molar-refractivity contribution in [2.24, 2.45) is 11.8 Å². The minimum atomic E-state index is -0.743. The number of carbonyl (C=O) groups excluding carboxylic acids is 2. The lowest BCUT2D eigenvalue weighted by Gasteiger charge is -2.29. The molecule has 5 nitrogen and oxygen atoms in total. The van der Waals surface area contributed by atoms with Crippen LogP contribution < -0.4 is 5.48 Å². The number of rotatable bonds is 9. The van der Waals surface area contributed by atoms with Crippen molar-refractivity contribution in [3.05, 3.63) is 11.3 Å². The molecule has 0 aliphatic heterocycles. The van der Waals surface area contributed by atoms with E-state index in [2.05, 4.69) is 25.4 Å². The molecule has 1 aliphatic rings. The van der Waals surface area contributed by atoms with Crippen molar-refractivity contribution in [2.45, 2.75) is 58.6 Å². The summed E-state index contributed by atoms with van der Waals surface area (Å²) in [6.07, 6.45) is 2.31. The van der Waals surface area contributed by atoms with Gasteiger partial charge in [0.15, 0.2) is 11.6 Å². The van der Waals surface area contributed by atoms with E-state index in [9.17, 15) is 14.9 Å². The summed E-state index contributed by atoms with van der Waals surface area (Å²) in [6.45, 7) is 8.39. The normalized spacial score (nSPS) is 24.5. The number of carbonyl (C=O) groups is 2. The third kappa shape index (κ3) is 5.35. The van der Waals surface area contributed by atoms with Gasteiger partial charge in [-0.3, -0.25) is 19.9 Å². The molecule has 0 amide bonds. The van der Waals surface area contributed by atoms with Crippen LogP contribution in [0.4, 0.5) is 0 Å².